The summed E-state index contributed by atoms with van der Waals surface area (Å²) in [5.74, 6) is -1.73. The predicted molar refractivity (Wildman–Crippen MR) is 34.5 cm³/mol. The first-order chi connectivity index (χ1) is 5.11. The molecule has 1 saturated heterocycles. The first-order valence-corrected chi connectivity index (χ1v) is 3.35. The quantitative estimate of drug-likeness (QED) is 0.429. The largest absolute Gasteiger partial charge is 0.394 e. The number of hydrogen-bond acceptors (Lipinski definition) is 5. The third kappa shape index (κ3) is 1.69. The van der Waals surface area contributed by atoms with E-state index in [1.165, 1.54) is 7.11 Å². The van der Waals surface area contributed by atoms with Crippen LogP contribution in [0.3, 0.4) is 0 Å². The third-order valence-corrected chi connectivity index (χ3v) is 1.73. The lowest BCUT2D eigenvalue weighted by atomic mass is 10.2. The summed E-state index contributed by atoms with van der Waals surface area (Å²) in [5.41, 5.74) is 0. The van der Waals surface area contributed by atoms with E-state index < -0.39 is 18.2 Å². The highest BCUT2D eigenvalue weighted by atomic mass is 16.8. The maximum atomic E-state index is 9.26. The Balaban J connectivity index is 2.55. The maximum Gasteiger partial charge on any atom is 0.283 e. The van der Waals surface area contributed by atoms with Gasteiger partial charge in [-0.15, -0.1) is 0 Å². The van der Waals surface area contributed by atoms with E-state index in [4.69, 9.17) is 14.9 Å². The van der Waals surface area contributed by atoms with Crippen LogP contribution < -0.4 is 0 Å². The van der Waals surface area contributed by atoms with Crippen LogP contribution in [0.1, 0.15) is 6.42 Å². The molecule has 1 heterocycles. The number of aliphatic hydroxyl groups is 3. The molecule has 0 aromatic heterocycles. The second-order valence-corrected chi connectivity index (χ2v) is 2.53. The Labute approximate surface area is 64.2 Å². The van der Waals surface area contributed by atoms with Gasteiger partial charge in [-0.05, 0) is 0 Å². The number of hydrogen-bond donors (Lipinski definition) is 3. The van der Waals surface area contributed by atoms with Crippen molar-refractivity contribution in [1.82, 2.24) is 0 Å². The van der Waals surface area contributed by atoms with Gasteiger partial charge in [0.05, 0.1) is 19.1 Å². The van der Waals surface area contributed by atoms with E-state index in [9.17, 15) is 5.11 Å². The fourth-order valence-corrected chi connectivity index (χ4v) is 1.05. The zero-order valence-corrected chi connectivity index (χ0v) is 6.23. The summed E-state index contributed by atoms with van der Waals surface area (Å²) in [6.45, 7) is -0.327. The number of rotatable bonds is 2. The molecule has 0 aliphatic carbocycles. The molecule has 0 bridgehead atoms. The van der Waals surface area contributed by atoms with Crippen molar-refractivity contribution in [2.45, 2.75) is 24.6 Å². The molecular formula is C6H12O5. The molecule has 0 aromatic rings. The van der Waals surface area contributed by atoms with Gasteiger partial charge < -0.3 is 24.8 Å². The van der Waals surface area contributed by atoms with Gasteiger partial charge in [-0.3, -0.25) is 0 Å². The van der Waals surface area contributed by atoms with Crippen molar-refractivity contribution in [1.29, 1.82) is 0 Å². The van der Waals surface area contributed by atoms with E-state index in [0.717, 1.165) is 0 Å². The normalized spacial score (nSPS) is 44.7. The molecule has 3 N–H and O–H groups in total. The van der Waals surface area contributed by atoms with Gasteiger partial charge in [0.15, 0.2) is 0 Å². The molecule has 1 aliphatic heterocycles. The van der Waals surface area contributed by atoms with E-state index in [1.807, 2.05) is 0 Å². The van der Waals surface area contributed by atoms with Crippen LogP contribution in [0.2, 0.25) is 0 Å². The second kappa shape index (κ2) is 3.04. The SMILES string of the molecule is CO[C@]1(O)C[C@H](O)[C@@H](CO)O1. The maximum absolute atomic E-state index is 9.26. The fourth-order valence-electron chi connectivity index (χ4n) is 1.05. The average molecular weight is 164 g/mol. The first-order valence-electron chi connectivity index (χ1n) is 3.35. The van der Waals surface area contributed by atoms with Crippen LogP contribution in [0.15, 0.2) is 0 Å². The highest BCUT2D eigenvalue weighted by molar-refractivity contribution is 4.80. The van der Waals surface area contributed by atoms with E-state index in [0.29, 0.717) is 0 Å². The summed E-state index contributed by atoms with van der Waals surface area (Å²) in [4.78, 5) is 0. The van der Waals surface area contributed by atoms with E-state index >= 15 is 0 Å². The summed E-state index contributed by atoms with van der Waals surface area (Å²) in [6.07, 6.45) is -1.65. The fraction of sp³-hybridized carbons (Fsp3) is 1.00. The number of aliphatic hydroxyl groups excluding tert-OH is 2. The Hall–Kier alpha value is -0.200. The smallest absolute Gasteiger partial charge is 0.283 e. The Kier molecular flexibility index (Phi) is 2.46. The van der Waals surface area contributed by atoms with Crippen LogP contribution >= 0.6 is 0 Å². The minimum atomic E-state index is -1.73. The lowest BCUT2D eigenvalue weighted by Crippen LogP contribution is -2.31. The number of ether oxygens (including phenoxy) is 2. The molecule has 1 rings (SSSR count). The molecule has 5 nitrogen and oxygen atoms in total. The van der Waals surface area contributed by atoms with E-state index in [1.54, 1.807) is 0 Å². The summed E-state index contributed by atoms with van der Waals surface area (Å²) < 4.78 is 9.36. The molecule has 1 fully saturated rings. The molecule has 66 valence electrons. The molecule has 0 radical (unpaired) electrons. The van der Waals surface area contributed by atoms with Crippen molar-refractivity contribution in [3.63, 3.8) is 0 Å². The molecule has 0 aromatic carbocycles. The van der Waals surface area contributed by atoms with Crippen LogP contribution in [0, 0.1) is 0 Å². The Morgan fingerprint density at radius 1 is 1.73 bits per heavy atom. The Bertz CT molecular complexity index is 139. The zero-order valence-electron chi connectivity index (χ0n) is 6.23. The lowest BCUT2D eigenvalue weighted by molar-refractivity contribution is -0.340. The van der Waals surface area contributed by atoms with Crippen molar-refractivity contribution in [2.24, 2.45) is 0 Å². The topological polar surface area (TPSA) is 79.2 Å². The van der Waals surface area contributed by atoms with E-state index in [-0.39, 0.29) is 13.0 Å². The van der Waals surface area contributed by atoms with Crippen LogP contribution in [-0.2, 0) is 9.47 Å². The molecule has 0 unspecified atom stereocenters. The van der Waals surface area contributed by atoms with Crippen molar-refractivity contribution in [3.05, 3.63) is 0 Å². The molecule has 0 saturated carbocycles. The molecule has 1 aliphatic rings. The summed E-state index contributed by atoms with van der Waals surface area (Å²) in [7, 11) is 1.27. The minimum Gasteiger partial charge on any atom is -0.394 e. The Morgan fingerprint density at radius 2 is 2.36 bits per heavy atom. The van der Waals surface area contributed by atoms with Gasteiger partial charge in [-0.25, -0.2) is 0 Å². The monoisotopic (exact) mass is 164 g/mol. The molecule has 11 heavy (non-hydrogen) atoms. The first kappa shape index (κ1) is 8.89. The third-order valence-electron chi connectivity index (χ3n) is 1.73. The zero-order chi connectivity index (χ0) is 8.48. The van der Waals surface area contributed by atoms with Crippen LogP contribution in [0.4, 0.5) is 0 Å². The lowest BCUT2D eigenvalue weighted by Gasteiger charge is -2.19. The van der Waals surface area contributed by atoms with Crippen molar-refractivity contribution in [3.8, 4) is 0 Å². The van der Waals surface area contributed by atoms with Gasteiger partial charge in [-0.2, -0.15) is 0 Å². The highest BCUT2D eigenvalue weighted by Crippen LogP contribution is 2.28. The average Bonchev–Trinajstić information content (AvgIpc) is 2.27. The standard InChI is InChI=1S/C6H12O5/c1-10-6(9)2-4(8)5(3-7)11-6/h4-5,7-9H,2-3H2,1H3/t4-,5+,6+/m0/s1. The van der Waals surface area contributed by atoms with E-state index in [2.05, 4.69) is 4.74 Å². The van der Waals surface area contributed by atoms with Gasteiger partial charge in [0.1, 0.15) is 6.10 Å². The Morgan fingerprint density at radius 3 is 2.64 bits per heavy atom. The molecular weight excluding hydrogens is 152 g/mol. The molecule has 0 spiro atoms. The van der Waals surface area contributed by atoms with Crippen LogP contribution in [0.5, 0.6) is 0 Å². The van der Waals surface area contributed by atoms with Crippen molar-refractivity contribution >= 4 is 0 Å². The predicted octanol–water partition coefficient (Wildman–Crippen LogP) is -1.58. The van der Waals surface area contributed by atoms with Gasteiger partial charge in [-0.1, -0.05) is 0 Å². The summed E-state index contributed by atoms with van der Waals surface area (Å²) in [6, 6.07) is 0. The van der Waals surface area contributed by atoms with Gasteiger partial charge in [0.2, 0.25) is 0 Å². The van der Waals surface area contributed by atoms with Gasteiger partial charge >= 0.3 is 0 Å². The van der Waals surface area contributed by atoms with Gasteiger partial charge in [0, 0.05) is 7.11 Å². The summed E-state index contributed by atoms with van der Waals surface area (Å²) in [5, 5.41) is 27.0. The van der Waals surface area contributed by atoms with Crippen molar-refractivity contribution in [2.75, 3.05) is 13.7 Å². The second-order valence-electron chi connectivity index (χ2n) is 2.53. The molecule has 0 amide bonds. The van der Waals surface area contributed by atoms with Crippen molar-refractivity contribution < 1.29 is 24.8 Å². The summed E-state index contributed by atoms with van der Waals surface area (Å²) >= 11 is 0. The minimum absolute atomic E-state index is 0.0330. The van der Waals surface area contributed by atoms with Crippen LogP contribution in [0.25, 0.3) is 0 Å². The molecule has 3 atom stereocenters. The highest BCUT2D eigenvalue weighted by Gasteiger charge is 2.44. The van der Waals surface area contributed by atoms with Crippen LogP contribution in [-0.4, -0.2) is 47.2 Å². The van der Waals surface area contributed by atoms with Gasteiger partial charge in [0.25, 0.3) is 5.97 Å². The molecule has 5 heteroatoms. The number of methoxy groups -OCH3 is 1.